The number of rotatable bonds is 4. The van der Waals surface area contributed by atoms with Gasteiger partial charge in [0.25, 0.3) is 0 Å². The molecule has 3 rings (SSSR count). The number of nitrogens with zero attached hydrogens (tertiary/aromatic N) is 4. The maximum absolute atomic E-state index is 12.4. The molecule has 0 fully saturated rings. The molecule has 0 amide bonds. The third-order valence-electron chi connectivity index (χ3n) is 3.94. The van der Waals surface area contributed by atoms with Gasteiger partial charge in [-0.2, -0.15) is 5.21 Å². The molecule has 10 nitrogen and oxygen atoms in total. The van der Waals surface area contributed by atoms with Crippen LogP contribution in [0.5, 0.6) is 0 Å². The van der Waals surface area contributed by atoms with E-state index in [9.17, 15) is 9.59 Å². The smallest absolute Gasteiger partial charge is 0.355 e. The van der Waals surface area contributed by atoms with Gasteiger partial charge in [-0.1, -0.05) is 12.1 Å². The molecule has 1 aromatic heterocycles. The van der Waals surface area contributed by atoms with Crippen LogP contribution in [0.25, 0.3) is 11.4 Å². The summed E-state index contributed by atoms with van der Waals surface area (Å²) in [7, 11) is 2.49. The van der Waals surface area contributed by atoms with Crippen LogP contribution in [-0.2, 0) is 23.8 Å². The number of nitrogens with one attached hydrogen (secondary N) is 1. The molecule has 136 valence electrons. The summed E-state index contributed by atoms with van der Waals surface area (Å²) in [6.45, 7) is 1.90. The first kappa shape index (κ1) is 17.5. The summed E-state index contributed by atoms with van der Waals surface area (Å²) in [4.78, 5) is 26.0. The topological polar surface area (TPSA) is 120 Å². The standard InChI is InChI=1S/C16H17N5O5/c1-9-4-5-10(14-17-19-20-18-14)6-12(9)21-8-26-7-11(15(22)24-2)13(21)16(23)25-3/h4-6H,7-8H2,1-3H3,(H,17,18,19,20). The van der Waals surface area contributed by atoms with Gasteiger partial charge < -0.3 is 19.1 Å². The van der Waals surface area contributed by atoms with Crippen molar-refractivity contribution in [1.82, 2.24) is 20.6 Å². The van der Waals surface area contributed by atoms with Gasteiger partial charge in [0.15, 0.2) is 0 Å². The molecule has 2 aromatic rings. The first-order chi connectivity index (χ1) is 12.6. The number of carbonyl (C=O) groups excluding carboxylic acids is 2. The minimum Gasteiger partial charge on any atom is -0.466 e. The molecule has 10 heteroatoms. The van der Waals surface area contributed by atoms with E-state index in [0.29, 0.717) is 17.1 Å². The Morgan fingerprint density at radius 3 is 2.65 bits per heavy atom. The number of aryl methyl sites for hydroxylation is 1. The Balaban J connectivity index is 2.13. The average molecular weight is 359 g/mol. The van der Waals surface area contributed by atoms with Crippen molar-refractivity contribution in [3.05, 3.63) is 35.0 Å². The highest BCUT2D eigenvalue weighted by Crippen LogP contribution is 2.32. The second-order valence-electron chi connectivity index (χ2n) is 5.45. The molecule has 0 unspecified atom stereocenters. The summed E-state index contributed by atoms with van der Waals surface area (Å²) in [6.07, 6.45) is 0. The molecule has 1 aromatic carbocycles. The highest BCUT2D eigenvalue weighted by Gasteiger charge is 2.33. The summed E-state index contributed by atoms with van der Waals surface area (Å²) < 4.78 is 15.1. The molecule has 0 bridgehead atoms. The SMILES string of the molecule is COC(=O)C1=C(C(=O)OC)N(c2cc(-c3nn[nH]n3)ccc2C)COC1. The fourth-order valence-electron chi connectivity index (χ4n) is 2.66. The molecular formula is C16H17N5O5. The number of H-pyrrole nitrogens is 1. The molecular weight excluding hydrogens is 342 g/mol. The van der Waals surface area contributed by atoms with Crippen LogP contribution in [0.2, 0.25) is 0 Å². The Labute approximate surface area is 148 Å². The molecule has 2 heterocycles. The maximum Gasteiger partial charge on any atom is 0.355 e. The lowest BCUT2D eigenvalue weighted by Gasteiger charge is -2.32. The summed E-state index contributed by atoms with van der Waals surface area (Å²) >= 11 is 0. The number of esters is 2. The summed E-state index contributed by atoms with van der Waals surface area (Å²) in [5, 5.41) is 13.8. The number of tetrazole rings is 1. The van der Waals surface area contributed by atoms with E-state index in [-0.39, 0.29) is 24.6 Å². The lowest BCUT2D eigenvalue weighted by atomic mass is 10.1. The molecule has 1 aliphatic heterocycles. The van der Waals surface area contributed by atoms with Gasteiger partial charge in [0, 0.05) is 11.3 Å². The van der Waals surface area contributed by atoms with Crippen molar-refractivity contribution >= 4 is 17.6 Å². The highest BCUT2D eigenvalue weighted by atomic mass is 16.5. The van der Waals surface area contributed by atoms with Crippen LogP contribution >= 0.6 is 0 Å². The number of ether oxygens (including phenoxy) is 3. The number of hydrogen-bond donors (Lipinski definition) is 1. The van der Waals surface area contributed by atoms with E-state index in [4.69, 9.17) is 14.2 Å². The van der Waals surface area contributed by atoms with Gasteiger partial charge in [0.1, 0.15) is 12.4 Å². The second kappa shape index (κ2) is 7.31. The lowest BCUT2D eigenvalue weighted by molar-refractivity contribution is -0.140. The van der Waals surface area contributed by atoms with Crippen molar-refractivity contribution in [3.63, 3.8) is 0 Å². The normalized spacial score (nSPS) is 14.3. The molecule has 0 atom stereocenters. The van der Waals surface area contributed by atoms with Gasteiger partial charge in [-0.15, -0.1) is 10.2 Å². The number of carbonyl (C=O) groups is 2. The van der Waals surface area contributed by atoms with Crippen molar-refractivity contribution in [2.45, 2.75) is 6.92 Å². The number of aromatic amines is 1. The van der Waals surface area contributed by atoms with Crippen LogP contribution in [0.3, 0.4) is 0 Å². The fraction of sp³-hybridized carbons (Fsp3) is 0.312. The first-order valence-electron chi connectivity index (χ1n) is 7.66. The number of methoxy groups -OCH3 is 2. The fourth-order valence-corrected chi connectivity index (χ4v) is 2.66. The van der Waals surface area contributed by atoms with Crippen molar-refractivity contribution in [2.24, 2.45) is 0 Å². The Morgan fingerprint density at radius 2 is 2.00 bits per heavy atom. The van der Waals surface area contributed by atoms with Gasteiger partial charge >= 0.3 is 11.9 Å². The third kappa shape index (κ3) is 3.14. The number of hydrogen-bond acceptors (Lipinski definition) is 9. The van der Waals surface area contributed by atoms with Crippen LogP contribution < -0.4 is 4.90 Å². The zero-order valence-electron chi connectivity index (χ0n) is 14.5. The van der Waals surface area contributed by atoms with Gasteiger partial charge in [-0.05, 0) is 23.8 Å². The Bertz CT molecular complexity index is 862. The predicted molar refractivity (Wildman–Crippen MR) is 88.7 cm³/mol. The molecule has 0 saturated heterocycles. The Kier molecular flexibility index (Phi) is 4.94. The minimum atomic E-state index is -0.655. The van der Waals surface area contributed by atoms with Crippen LogP contribution in [0.4, 0.5) is 5.69 Å². The van der Waals surface area contributed by atoms with Crippen molar-refractivity contribution < 1.29 is 23.8 Å². The molecule has 26 heavy (non-hydrogen) atoms. The molecule has 1 aliphatic rings. The molecule has 0 aliphatic carbocycles. The van der Waals surface area contributed by atoms with E-state index in [0.717, 1.165) is 5.56 Å². The van der Waals surface area contributed by atoms with Gasteiger partial charge in [-0.25, -0.2) is 9.59 Å². The van der Waals surface area contributed by atoms with Gasteiger partial charge in [0.2, 0.25) is 5.82 Å². The average Bonchev–Trinajstić information content (AvgIpc) is 3.21. The number of aromatic nitrogens is 4. The van der Waals surface area contributed by atoms with E-state index in [1.54, 1.807) is 11.0 Å². The second-order valence-corrected chi connectivity index (χ2v) is 5.45. The minimum absolute atomic E-state index is 0.0445. The molecule has 0 saturated carbocycles. The van der Waals surface area contributed by atoms with Crippen LogP contribution in [0.1, 0.15) is 5.56 Å². The monoisotopic (exact) mass is 359 g/mol. The number of benzene rings is 1. The zero-order chi connectivity index (χ0) is 18.7. The van der Waals surface area contributed by atoms with E-state index in [2.05, 4.69) is 20.6 Å². The summed E-state index contributed by atoms with van der Waals surface area (Å²) in [5.41, 5.74) is 2.37. The van der Waals surface area contributed by atoms with Crippen LogP contribution in [0.15, 0.2) is 29.5 Å². The van der Waals surface area contributed by atoms with Crippen LogP contribution in [0, 0.1) is 6.92 Å². The van der Waals surface area contributed by atoms with Gasteiger partial charge in [0.05, 0.1) is 26.4 Å². The zero-order valence-corrected chi connectivity index (χ0v) is 14.5. The van der Waals surface area contributed by atoms with Crippen LogP contribution in [-0.4, -0.2) is 60.1 Å². The quantitative estimate of drug-likeness (QED) is 0.781. The summed E-state index contributed by atoms with van der Waals surface area (Å²) in [5.74, 6) is -0.902. The Hall–Kier alpha value is -3.27. The van der Waals surface area contributed by atoms with Crippen molar-refractivity contribution in [3.8, 4) is 11.4 Å². The lowest BCUT2D eigenvalue weighted by Crippen LogP contribution is -2.39. The predicted octanol–water partition coefficient (Wildman–Crippen LogP) is 0.569. The van der Waals surface area contributed by atoms with E-state index in [1.165, 1.54) is 14.2 Å². The third-order valence-corrected chi connectivity index (χ3v) is 3.94. The summed E-state index contributed by atoms with van der Waals surface area (Å²) in [6, 6.07) is 5.46. The van der Waals surface area contributed by atoms with E-state index in [1.807, 2.05) is 19.1 Å². The van der Waals surface area contributed by atoms with Crippen molar-refractivity contribution in [2.75, 3.05) is 32.5 Å². The molecule has 0 radical (unpaired) electrons. The first-order valence-corrected chi connectivity index (χ1v) is 7.66. The largest absolute Gasteiger partial charge is 0.466 e. The molecule has 0 spiro atoms. The van der Waals surface area contributed by atoms with Crippen molar-refractivity contribution in [1.29, 1.82) is 0 Å². The number of anilines is 1. The van der Waals surface area contributed by atoms with Gasteiger partial charge in [-0.3, -0.25) is 0 Å². The Morgan fingerprint density at radius 1 is 1.23 bits per heavy atom. The van der Waals surface area contributed by atoms with E-state index >= 15 is 0 Å². The molecule has 1 N–H and O–H groups in total. The highest BCUT2D eigenvalue weighted by molar-refractivity contribution is 6.03. The van der Waals surface area contributed by atoms with E-state index < -0.39 is 11.9 Å². The maximum atomic E-state index is 12.4.